The molecule has 2 aromatic rings. The van der Waals surface area contributed by atoms with Crippen LogP contribution in [-0.4, -0.2) is 50.4 Å². The first-order valence-corrected chi connectivity index (χ1v) is 7.87. The minimum absolute atomic E-state index is 0.296. The Morgan fingerprint density at radius 1 is 1.43 bits per heavy atom. The fourth-order valence-electron chi connectivity index (χ4n) is 2.18. The maximum absolute atomic E-state index is 13.7. The van der Waals surface area contributed by atoms with Crippen molar-refractivity contribution in [3.8, 4) is 11.4 Å². The molecule has 1 atom stereocenters. The molecule has 0 unspecified atom stereocenters. The number of aromatic amines is 1. The number of imide groups is 1. The summed E-state index contributed by atoms with van der Waals surface area (Å²) in [4.78, 5) is 29.1. The monoisotopic (exact) mass is 335 g/mol. The molecule has 2 heterocycles. The third-order valence-electron chi connectivity index (χ3n) is 3.35. The number of halogens is 1. The van der Waals surface area contributed by atoms with E-state index in [0.717, 1.165) is 11.8 Å². The number of amides is 3. The van der Waals surface area contributed by atoms with Gasteiger partial charge in [-0.3, -0.25) is 14.8 Å². The number of H-pyrrole nitrogens is 1. The van der Waals surface area contributed by atoms with E-state index >= 15 is 0 Å². The van der Waals surface area contributed by atoms with Gasteiger partial charge in [-0.1, -0.05) is 23.9 Å². The number of carbonyl (C=O) groups is 2. The van der Waals surface area contributed by atoms with Crippen LogP contribution in [0.15, 0.2) is 29.4 Å². The third-order valence-corrected chi connectivity index (χ3v) is 4.30. The summed E-state index contributed by atoms with van der Waals surface area (Å²) in [6.07, 6.45) is 0. The van der Waals surface area contributed by atoms with Crippen LogP contribution in [0.4, 0.5) is 9.18 Å². The smallest absolute Gasteiger partial charge is 0.324 e. The number of benzene rings is 1. The number of thioether (sulfide) groups is 1. The zero-order chi connectivity index (χ0) is 16.4. The molecule has 9 heteroatoms. The van der Waals surface area contributed by atoms with Crippen molar-refractivity contribution in [2.45, 2.75) is 17.3 Å². The van der Waals surface area contributed by atoms with E-state index in [2.05, 4.69) is 20.5 Å². The van der Waals surface area contributed by atoms with Crippen molar-refractivity contribution >= 4 is 23.7 Å². The van der Waals surface area contributed by atoms with E-state index < -0.39 is 11.1 Å². The SMILES string of the molecule is C[C@@H](Sc1n[nH]c(-c2ccccc2F)n1)C(=O)N1CCNC1=O. The standard InChI is InChI=1S/C14H14FN5O2S/c1-8(12(21)20-7-6-16-14(20)22)23-13-17-11(18-19-13)9-4-2-3-5-10(9)15/h2-5,8H,6-7H2,1H3,(H,16,22)(H,17,18,19)/t8-/m1/s1. The summed E-state index contributed by atoms with van der Waals surface area (Å²) < 4.78 is 13.7. The summed E-state index contributed by atoms with van der Waals surface area (Å²) in [5.74, 6) is -0.413. The largest absolute Gasteiger partial charge is 0.336 e. The quantitative estimate of drug-likeness (QED) is 0.829. The van der Waals surface area contributed by atoms with Crippen molar-refractivity contribution in [3.05, 3.63) is 30.1 Å². The van der Waals surface area contributed by atoms with E-state index in [1.165, 1.54) is 11.0 Å². The zero-order valence-electron chi connectivity index (χ0n) is 12.2. The van der Waals surface area contributed by atoms with Crippen LogP contribution >= 0.6 is 11.8 Å². The molecule has 1 aliphatic heterocycles. The van der Waals surface area contributed by atoms with Crippen LogP contribution in [0.2, 0.25) is 0 Å². The Hall–Kier alpha value is -2.42. The van der Waals surface area contributed by atoms with Gasteiger partial charge in [0.05, 0.1) is 10.8 Å². The first-order chi connectivity index (χ1) is 11.1. The van der Waals surface area contributed by atoms with Gasteiger partial charge in [0.1, 0.15) is 5.82 Å². The second kappa shape index (κ2) is 6.37. The van der Waals surface area contributed by atoms with Crippen molar-refractivity contribution in [2.24, 2.45) is 0 Å². The first-order valence-electron chi connectivity index (χ1n) is 6.99. The summed E-state index contributed by atoms with van der Waals surface area (Å²) in [6.45, 7) is 2.49. The molecule has 0 bridgehead atoms. The molecule has 0 radical (unpaired) electrons. The lowest BCUT2D eigenvalue weighted by Crippen LogP contribution is -2.38. The normalized spacial score (nSPS) is 15.6. The number of hydrogen-bond donors (Lipinski definition) is 2. The van der Waals surface area contributed by atoms with Crippen LogP contribution in [0.25, 0.3) is 11.4 Å². The molecule has 0 saturated carbocycles. The predicted molar refractivity (Wildman–Crippen MR) is 82.2 cm³/mol. The van der Waals surface area contributed by atoms with E-state index in [9.17, 15) is 14.0 Å². The highest BCUT2D eigenvalue weighted by molar-refractivity contribution is 8.00. The van der Waals surface area contributed by atoms with Crippen LogP contribution in [0, 0.1) is 5.82 Å². The van der Waals surface area contributed by atoms with E-state index in [0.29, 0.717) is 29.6 Å². The first kappa shape index (κ1) is 15.5. The molecule has 1 aromatic heterocycles. The van der Waals surface area contributed by atoms with E-state index in [1.54, 1.807) is 25.1 Å². The number of carbonyl (C=O) groups excluding carboxylic acids is 2. The van der Waals surface area contributed by atoms with Gasteiger partial charge in [-0.05, 0) is 19.1 Å². The molecule has 7 nitrogen and oxygen atoms in total. The predicted octanol–water partition coefficient (Wildman–Crippen LogP) is 1.64. The summed E-state index contributed by atoms with van der Waals surface area (Å²) >= 11 is 1.11. The minimum atomic E-state index is -0.525. The van der Waals surface area contributed by atoms with E-state index in [4.69, 9.17) is 0 Å². The van der Waals surface area contributed by atoms with Crippen LogP contribution in [0.5, 0.6) is 0 Å². The molecule has 120 valence electrons. The summed E-state index contributed by atoms with van der Waals surface area (Å²) in [6, 6.07) is 5.83. The number of nitrogens with one attached hydrogen (secondary N) is 2. The maximum Gasteiger partial charge on any atom is 0.324 e. The lowest BCUT2D eigenvalue weighted by Gasteiger charge is -2.15. The van der Waals surface area contributed by atoms with Crippen molar-refractivity contribution in [1.29, 1.82) is 0 Å². The number of urea groups is 1. The lowest BCUT2D eigenvalue weighted by molar-refractivity contribution is -0.126. The minimum Gasteiger partial charge on any atom is -0.336 e. The van der Waals surface area contributed by atoms with Crippen molar-refractivity contribution < 1.29 is 14.0 Å². The van der Waals surface area contributed by atoms with Crippen molar-refractivity contribution in [3.63, 3.8) is 0 Å². The number of aromatic nitrogens is 3. The van der Waals surface area contributed by atoms with Gasteiger partial charge in [-0.15, -0.1) is 5.10 Å². The van der Waals surface area contributed by atoms with Crippen molar-refractivity contribution in [1.82, 2.24) is 25.4 Å². The second-order valence-electron chi connectivity index (χ2n) is 4.93. The molecule has 3 rings (SSSR count). The molecular formula is C14H14FN5O2S. The van der Waals surface area contributed by atoms with E-state index in [1.807, 2.05) is 0 Å². The van der Waals surface area contributed by atoms with Gasteiger partial charge in [-0.25, -0.2) is 14.2 Å². The van der Waals surface area contributed by atoms with Gasteiger partial charge in [0.25, 0.3) is 0 Å². The molecule has 0 spiro atoms. The van der Waals surface area contributed by atoms with E-state index in [-0.39, 0.29) is 11.9 Å². The molecule has 1 fully saturated rings. The molecule has 23 heavy (non-hydrogen) atoms. The Labute approximate surface area is 135 Å². The number of rotatable bonds is 4. The highest BCUT2D eigenvalue weighted by Crippen LogP contribution is 2.25. The average molecular weight is 335 g/mol. The Morgan fingerprint density at radius 2 is 2.22 bits per heavy atom. The van der Waals surface area contributed by atoms with Crippen LogP contribution in [-0.2, 0) is 4.79 Å². The molecule has 0 aliphatic carbocycles. The molecule has 1 saturated heterocycles. The van der Waals surface area contributed by atoms with Gasteiger partial charge < -0.3 is 5.32 Å². The third kappa shape index (κ3) is 3.19. The van der Waals surface area contributed by atoms with Gasteiger partial charge in [0.15, 0.2) is 5.82 Å². The lowest BCUT2D eigenvalue weighted by atomic mass is 10.2. The number of nitrogens with zero attached hydrogens (tertiary/aromatic N) is 3. The van der Waals surface area contributed by atoms with Gasteiger partial charge >= 0.3 is 6.03 Å². The van der Waals surface area contributed by atoms with Crippen LogP contribution < -0.4 is 5.32 Å². The molecule has 1 aliphatic rings. The number of hydrogen-bond acceptors (Lipinski definition) is 5. The Kier molecular flexibility index (Phi) is 4.28. The summed E-state index contributed by atoms with van der Waals surface area (Å²) in [5.41, 5.74) is 0.310. The van der Waals surface area contributed by atoms with Gasteiger partial charge in [-0.2, -0.15) is 0 Å². The van der Waals surface area contributed by atoms with Gasteiger partial charge in [0.2, 0.25) is 11.1 Å². The average Bonchev–Trinajstić information content (AvgIpc) is 3.16. The maximum atomic E-state index is 13.7. The molecule has 2 N–H and O–H groups in total. The Bertz CT molecular complexity index is 750. The zero-order valence-corrected chi connectivity index (χ0v) is 13.1. The fraction of sp³-hybridized carbons (Fsp3) is 0.286. The van der Waals surface area contributed by atoms with Crippen molar-refractivity contribution in [2.75, 3.05) is 13.1 Å². The fourth-order valence-corrected chi connectivity index (χ4v) is 2.97. The molecule has 1 aromatic carbocycles. The Morgan fingerprint density at radius 3 is 2.91 bits per heavy atom. The Balaban J connectivity index is 1.70. The summed E-state index contributed by atoms with van der Waals surface area (Å²) in [5, 5.41) is 9.03. The van der Waals surface area contributed by atoms with Gasteiger partial charge in [0, 0.05) is 13.1 Å². The highest BCUT2D eigenvalue weighted by Gasteiger charge is 2.30. The topological polar surface area (TPSA) is 91.0 Å². The summed E-state index contributed by atoms with van der Waals surface area (Å²) in [7, 11) is 0. The highest BCUT2D eigenvalue weighted by atomic mass is 32.2. The second-order valence-corrected chi connectivity index (χ2v) is 6.24. The van der Waals surface area contributed by atoms with Crippen LogP contribution in [0.3, 0.4) is 0 Å². The van der Waals surface area contributed by atoms with Crippen LogP contribution in [0.1, 0.15) is 6.92 Å². The molecular weight excluding hydrogens is 321 g/mol. The molecule has 3 amide bonds.